The zero-order chi connectivity index (χ0) is 14.6. The van der Waals surface area contributed by atoms with Crippen molar-refractivity contribution in [1.82, 2.24) is 13.9 Å². The molecule has 1 aliphatic heterocycles. The monoisotopic (exact) mass is 296 g/mol. The van der Waals surface area contributed by atoms with E-state index in [-0.39, 0.29) is 11.8 Å². The van der Waals surface area contributed by atoms with Gasteiger partial charge in [0.25, 0.3) is 0 Å². The summed E-state index contributed by atoms with van der Waals surface area (Å²) in [7, 11) is -3.25. The molecule has 110 valence electrons. The van der Waals surface area contributed by atoms with Crippen LogP contribution >= 0.6 is 0 Å². The van der Waals surface area contributed by atoms with E-state index in [2.05, 4.69) is 4.98 Å². The van der Waals surface area contributed by atoms with Crippen LogP contribution in [0.4, 0.5) is 0 Å². The van der Waals surface area contributed by atoms with Crippen molar-refractivity contribution in [2.24, 2.45) is 0 Å². The van der Waals surface area contributed by atoms with Crippen LogP contribution in [0.3, 0.4) is 0 Å². The zero-order valence-corrected chi connectivity index (χ0v) is 12.5. The van der Waals surface area contributed by atoms with E-state index >= 15 is 0 Å². The lowest BCUT2D eigenvalue weighted by molar-refractivity contribution is 0.349. The quantitative estimate of drug-likeness (QED) is 0.741. The van der Waals surface area contributed by atoms with Gasteiger partial charge in [-0.05, 0) is 26.2 Å². The van der Waals surface area contributed by atoms with Gasteiger partial charge in [0, 0.05) is 37.9 Å². The summed E-state index contributed by atoms with van der Waals surface area (Å²) in [6.07, 6.45) is 6.10. The maximum atomic E-state index is 12.3. The molecule has 0 amide bonds. The molecule has 0 N–H and O–H groups in total. The highest BCUT2D eigenvalue weighted by Gasteiger charge is 2.33. The number of nitriles is 1. The van der Waals surface area contributed by atoms with Gasteiger partial charge in [0.15, 0.2) is 0 Å². The Morgan fingerprint density at radius 1 is 1.55 bits per heavy atom. The Kier molecular flexibility index (Phi) is 4.78. The molecule has 20 heavy (non-hydrogen) atoms. The third kappa shape index (κ3) is 3.38. The molecule has 0 aromatic carbocycles. The van der Waals surface area contributed by atoms with Crippen LogP contribution in [0.1, 0.15) is 31.5 Å². The second-order valence-electron chi connectivity index (χ2n) is 5.11. The van der Waals surface area contributed by atoms with Crippen LogP contribution in [0.2, 0.25) is 0 Å². The third-order valence-electron chi connectivity index (χ3n) is 3.70. The Bertz CT molecular complexity index is 588. The fraction of sp³-hybridized carbons (Fsp3) is 0.692. The molecule has 1 saturated heterocycles. The number of sulfonamides is 1. The van der Waals surface area contributed by atoms with E-state index in [0.717, 1.165) is 18.7 Å². The third-order valence-corrected chi connectivity index (χ3v) is 5.70. The number of aryl methyl sites for hydroxylation is 1. The summed E-state index contributed by atoms with van der Waals surface area (Å²) in [6.45, 7) is 3.16. The highest BCUT2D eigenvalue weighted by atomic mass is 32.2. The standard InChI is InChI=1S/C13H20N4O2S/c1-12-15-7-9-16(12)11-13-5-4-8-17(13)20(18,19)10-3-2-6-14/h7,9,13H,2-5,8,10-11H2,1H3. The van der Waals surface area contributed by atoms with Gasteiger partial charge >= 0.3 is 0 Å². The molecule has 1 aromatic rings. The maximum Gasteiger partial charge on any atom is 0.214 e. The van der Waals surface area contributed by atoms with Gasteiger partial charge in [-0.15, -0.1) is 0 Å². The van der Waals surface area contributed by atoms with Crippen molar-refractivity contribution in [3.8, 4) is 6.07 Å². The molecule has 6 nitrogen and oxygen atoms in total. The lowest BCUT2D eigenvalue weighted by atomic mass is 10.2. The van der Waals surface area contributed by atoms with Crippen molar-refractivity contribution in [3.05, 3.63) is 18.2 Å². The predicted molar refractivity (Wildman–Crippen MR) is 75.3 cm³/mol. The van der Waals surface area contributed by atoms with E-state index in [4.69, 9.17) is 5.26 Å². The number of nitrogens with zero attached hydrogens (tertiary/aromatic N) is 4. The first-order chi connectivity index (χ1) is 9.54. The lowest BCUT2D eigenvalue weighted by Gasteiger charge is -2.24. The molecule has 1 unspecified atom stereocenters. The summed E-state index contributed by atoms with van der Waals surface area (Å²) in [5.74, 6) is 0.971. The van der Waals surface area contributed by atoms with E-state index in [1.54, 1.807) is 10.5 Å². The van der Waals surface area contributed by atoms with Crippen LogP contribution in [-0.4, -0.2) is 40.6 Å². The van der Waals surface area contributed by atoms with Crippen molar-refractivity contribution in [2.75, 3.05) is 12.3 Å². The second-order valence-corrected chi connectivity index (χ2v) is 7.15. The van der Waals surface area contributed by atoms with E-state index in [9.17, 15) is 8.42 Å². The molecule has 0 saturated carbocycles. The number of hydrogen-bond acceptors (Lipinski definition) is 4. The largest absolute Gasteiger partial charge is 0.334 e. The molecular formula is C13H20N4O2S. The summed E-state index contributed by atoms with van der Waals surface area (Å²) in [6, 6.07) is 2.00. The molecule has 7 heteroatoms. The smallest absolute Gasteiger partial charge is 0.214 e. The molecule has 1 aliphatic rings. The van der Waals surface area contributed by atoms with E-state index < -0.39 is 10.0 Å². The summed E-state index contributed by atoms with van der Waals surface area (Å²) in [5, 5.41) is 8.51. The van der Waals surface area contributed by atoms with Crippen LogP contribution in [-0.2, 0) is 16.6 Å². The SMILES string of the molecule is Cc1nccn1CC1CCCN1S(=O)(=O)CCCC#N. The van der Waals surface area contributed by atoms with Gasteiger partial charge in [0.2, 0.25) is 10.0 Å². The van der Waals surface area contributed by atoms with Crippen molar-refractivity contribution in [2.45, 2.75) is 45.2 Å². The van der Waals surface area contributed by atoms with Crippen molar-refractivity contribution >= 4 is 10.0 Å². The zero-order valence-electron chi connectivity index (χ0n) is 11.7. The summed E-state index contributed by atoms with van der Waals surface area (Å²) in [4.78, 5) is 4.17. The van der Waals surface area contributed by atoms with Crippen LogP contribution in [0, 0.1) is 18.3 Å². The molecule has 0 radical (unpaired) electrons. The van der Waals surface area contributed by atoms with Gasteiger partial charge in [-0.3, -0.25) is 0 Å². The number of imidazole rings is 1. The normalized spacial score (nSPS) is 20.1. The van der Waals surface area contributed by atoms with Gasteiger partial charge in [-0.25, -0.2) is 13.4 Å². The number of aromatic nitrogens is 2. The van der Waals surface area contributed by atoms with Gasteiger partial charge in [-0.2, -0.15) is 9.57 Å². The van der Waals surface area contributed by atoms with Gasteiger partial charge < -0.3 is 4.57 Å². The Hall–Kier alpha value is -1.39. The fourth-order valence-corrected chi connectivity index (χ4v) is 4.41. The van der Waals surface area contributed by atoms with Gasteiger partial charge in [-0.1, -0.05) is 0 Å². The minimum Gasteiger partial charge on any atom is -0.334 e. The molecule has 2 heterocycles. The van der Waals surface area contributed by atoms with Gasteiger partial charge in [0.1, 0.15) is 5.82 Å². The fourth-order valence-electron chi connectivity index (χ4n) is 2.63. The van der Waals surface area contributed by atoms with Gasteiger partial charge in [0.05, 0.1) is 11.8 Å². The molecule has 0 bridgehead atoms. The number of rotatable bonds is 6. The average Bonchev–Trinajstić information content (AvgIpc) is 3.01. The van der Waals surface area contributed by atoms with E-state index in [1.807, 2.05) is 23.8 Å². The van der Waals surface area contributed by atoms with Crippen molar-refractivity contribution < 1.29 is 8.42 Å². The molecule has 1 aromatic heterocycles. The predicted octanol–water partition coefficient (Wildman–Crippen LogP) is 1.29. The average molecular weight is 296 g/mol. The van der Waals surface area contributed by atoms with E-state index in [1.165, 1.54) is 0 Å². The number of unbranched alkanes of at least 4 members (excludes halogenated alkanes) is 1. The Balaban J connectivity index is 2.03. The molecule has 0 aliphatic carbocycles. The summed E-state index contributed by atoms with van der Waals surface area (Å²) < 4.78 is 28.3. The molecule has 1 fully saturated rings. The first-order valence-electron chi connectivity index (χ1n) is 6.89. The maximum absolute atomic E-state index is 12.3. The summed E-state index contributed by atoms with van der Waals surface area (Å²) in [5.41, 5.74) is 0. The van der Waals surface area contributed by atoms with Crippen LogP contribution in [0.5, 0.6) is 0 Å². The topological polar surface area (TPSA) is 79.0 Å². The number of hydrogen-bond donors (Lipinski definition) is 0. The Labute approximate surface area is 120 Å². The van der Waals surface area contributed by atoms with Crippen molar-refractivity contribution in [1.29, 1.82) is 5.26 Å². The molecule has 0 spiro atoms. The second kappa shape index (κ2) is 6.37. The highest BCUT2D eigenvalue weighted by Crippen LogP contribution is 2.23. The first-order valence-corrected chi connectivity index (χ1v) is 8.50. The molecule has 1 atom stereocenters. The van der Waals surface area contributed by atoms with E-state index in [0.29, 0.717) is 25.9 Å². The highest BCUT2D eigenvalue weighted by molar-refractivity contribution is 7.89. The minimum atomic E-state index is -3.25. The minimum absolute atomic E-state index is 0.00925. The van der Waals surface area contributed by atoms with Crippen LogP contribution < -0.4 is 0 Å². The Morgan fingerprint density at radius 2 is 2.35 bits per heavy atom. The molecule has 2 rings (SSSR count). The summed E-state index contributed by atoms with van der Waals surface area (Å²) >= 11 is 0. The Morgan fingerprint density at radius 3 is 3.00 bits per heavy atom. The van der Waals surface area contributed by atoms with Crippen LogP contribution in [0.25, 0.3) is 0 Å². The first kappa shape index (κ1) is 15.0. The molecular weight excluding hydrogens is 276 g/mol. The lowest BCUT2D eigenvalue weighted by Crippen LogP contribution is -2.39. The van der Waals surface area contributed by atoms with Crippen molar-refractivity contribution in [3.63, 3.8) is 0 Å². The van der Waals surface area contributed by atoms with Crippen LogP contribution in [0.15, 0.2) is 12.4 Å².